The number of aryl methyl sites for hydroxylation is 1. The molecule has 0 aliphatic carbocycles. The van der Waals surface area contributed by atoms with Gasteiger partial charge in [-0.15, -0.1) is 0 Å². The van der Waals surface area contributed by atoms with Gasteiger partial charge in [0.2, 0.25) is 10.0 Å². The summed E-state index contributed by atoms with van der Waals surface area (Å²) in [4.78, 5) is 4.21. The Bertz CT molecular complexity index is 786. The summed E-state index contributed by atoms with van der Waals surface area (Å²) < 4.78 is 42.0. The molecule has 130 valence electrons. The molecule has 0 amide bonds. The second-order valence-electron chi connectivity index (χ2n) is 6.38. The van der Waals surface area contributed by atoms with E-state index >= 15 is 0 Å². The van der Waals surface area contributed by atoms with Gasteiger partial charge in [0.1, 0.15) is 11.6 Å². The van der Waals surface area contributed by atoms with Crippen molar-refractivity contribution >= 4 is 10.0 Å². The number of sulfonamides is 1. The van der Waals surface area contributed by atoms with Gasteiger partial charge in [-0.2, -0.15) is 0 Å². The van der Waals surface area contributed by atoms with Crippen molar-refractivity contribution in [3.63, 3.8) is 0 Å². The van der Waals surface area contributed by atoms with Gasteiger partial charge in [-0.1, -0.05) is 12.1 Å². The minimum atomic E-state index is -3.39. The number of aromatic nitrogens is 2. The van der Waals surface area contributed by atoms with E-state index in [2.05, 4.69) is 9.55 Å². The van der Waals surface area contributed by atoms with E-state index in [-0.39, 0.29) is 17.5 Å². The van der Waals surface area contributed by atoms with Crippen molar-refractivity contribution in [2.24, 2.45) is 5.92 Å². The van der Waals surface area contributed by atoms with Crippen LogP contribution < -0.4 is 0 Å². The van der Waals surface area contributed by atoms with Crippen LogP contribution in [0.25, 0.3) is 0 Å². The SMILES string of the molecule is Cc1nccn1C[C@H]1CCCN(S(=O)(=O)Cc2ccc(F)cc2)C1. The first kappa shape index (κ1) is 17.1. The molecule has 7 heteroatoms. The van der Waals surface area contributed by atoms with Crippen LogP contribution in [0.15, 0.2) is 36.7 Å². The predicted octanol–water partition coefficient (Wildman–Crippen LogP) is 2.57. The van der Waals surface area contributed by atoms with Crippen LogP contribution in [0, 0.1) is 18.7 Å². The number of imidazole rings is 1. The number of benzene rings is 1. The summed E-state index contributed by atoms with van der Waals surface area (Å²) in [6.45, 7) is 3.82. The van der Waals surface area contributed by atoms with Gasteiger partial charge in [-0.3, -0.25) is 0 Å². The fourth-order valence-corrected chi connectivity index (χ4v) is 4.83. The average Bonchev–Trinajstić information content (AvgIpc) is 2.95. The zero-order valence-electron chi connectivity index (χ0n) is 13.7. The van der Waals surface area contributed by atoms with E-state index in [1.54, 1.807) is 10.5 Å². The third kappa shape index (κ3) is 4.02. The molecule has 2 heterocycles. The second-order valence-corrected chi connectivity index (χ2v) is 8.34. The Morgan fingerprint density at radius 1 is 1.29 bits per heavy atom. The standard InChI is InChI=1S/C17H22FN3O2S/c1-14-19-8-10-20(14)11-16-3-2-9-21(12-16)24(22,23)13-15-4-6-17(18)7-5-15/h4-8,10,16H,2-3,9,11-13H2,1H3/t16-/m1/s1. The lowest BCUT2D eigenvalue weighted by Gasteiger charge is -2.32. The van der Waals surface area contributed by atoms with E-state index in [1.807, 2.05) is 13.1 Å². The molecule has 0 spiro atoms. The van der Waals surface area contributed by atoms with Crippen LogP contribution in [0.5, 0.6) is 0 Å². The van der Waals surface area contributed by atoms with Gasteiger partial charge in [0.25, 0.3) is 0 Å². The van der Waals surface area contributed by atoms with E-state index in [0.717, 1.165) is 25.2 Å². The van der Waals surface area contributed by atoms with Gasteiger partial charge in [-0.05, 0) is 43.4 Å². The van der Waals surface area contributed by atoms with Crippen molar-refractivity contribution in [3.8, 4) is 0 Å². The lowest BCUT2D eigenvalue weighted by atomic mass is 10.00. The number of hydrogen-bond acceptors (Lipinski definition) is 3. The summed E-state index contributed by atoms with van der Waals surface area (Å²) in [7, 11) is -3.39. The molecule has 1 aromatic heterocycles. The lowest BCUT2D eigenvalue weighted by molar-refractivity contribution is 0.244. The molecule has 1 aliphatic heterocycles. The van der Waals surface area contributed by atoms with Crippen molar-refractivity contribution in [1.82, 2.24) is 13.9 Å². The van der Waals surface area contributed by atoms with Crippen LogP contribution in [0.1, 0.15) is 24.2 Å². The molecule has 1 saturated heterocycles. The third-order valence-corrected chi connectivity index (χ3v) is 6.33. The number of halogens is 1. The molecule has 0 bridgehead atoms. The molecule has 1 atom stereocenters. The lowest BCUT2D eigenvalue weighted by Crippen LogP contribution is -2.41. The van der Waals surface area contributed by atoms with E-state index in [0.29, 0.717) is 18.7 Å². The maximum atomic E-state index is 13.0. The van der Waals surface area contributed by atoms with E-state index < -0.39 is 10.0 Å². The van der Waals surface area contributed by atoms with Gasteiger partial charge in [0.15, 0.2) is 0 Å². The maximum Gasteiger partial charge on any atom is 0.218 e. The van der Waals surface area contributed by atoms with Crippen molar-refractivity contribution in [1.29, 1.82) is 0 Å². The van der Waals surface area contributed by atoms with Gasteiger partial charge < -0.3 is 4.57 Å². The second kappa shape index (κ2) is 7.03. The van der Waals surface area contributed by atoms with Crippen LogP contribution in [-0.4, -0.2) is 35.4 Å². The summed E-state index contributed by atoms with van der Waals surface area (Å²) >= 11 is 0. The zero-order chi connectivity index (χ0) is 17.2. The number of nitrogens with zero attached hydrogens (tertiary/aromatic N) is 3. The van der Waals surface area contributed by atoms with Crippen LogP contribution >= 0.6 is 0 Å². The largest absolute Gasteiger partial charge is 0.335 e. The Labute approximate surface area is 142 Å². The molecule has 3 rings (SSSR count). The van der Waals surface area contributed by atoms with E-state index in [4.69, 9.17) is 0 Å². The summed E-state index contributed by atoms with van der Waals surface area (Å²) in [5, 5.41) is 0. The average molecular weight is 351 g/mol. The molecule has 24 heavy (non-hydrogen) atoms. The monoisotopic (exact) mass is 351 g/mol. The highest BCUT2D eigenvalue weighted by molar-refractivity contribution is 7.88. The Morgan fingerprint density at radius 2 is 2.04 bits per heavy atom. The van der Waals surface area contributed by atoms with Gasteiger partial charge in [0, 0.05) is 32.0 Å². The molecule has 1 aliphatic rings. The molecule has 0 unspecified atom stereocenters. The fraction of sp³-hybridized carbons (Fsp3) is 0.471. The van der Waals surface area contributed by atoms with Gasteiger partial charge in [0.05, 0.1) is 5.75 Å². The third-order valence-electron chi connectivity index (χ3n) is 4.52. The van der Waals surface area contributed by atoms with Crippen molar-refractivity contribution < 1.29 is 12.8 Å². The first-order chi connectivity index (χ1) is 11.4. The number of hydrogen-bond donors (Lipinski definition) is 0. The quantitative estimate of drug-likeness (QED) is 0.832. The van der Waals surface area contributed by atoms with Gasteiger partial charge in [-0.25, -0.2) is 22.1 Å². The number of piperidine rings is 1. The highest BCUT2D eigenvalue weighted by Crippen LogP contribution is 2.23. The minimum Gasteiger partial charge on any atom is -0.335 e. The Balaban J connectivity index is 1.66. The normalized spacial score (nSPS) is 19.5. The predicted molar refractivity (Wildman–Crippen MR) is 90.3 cm³/mol. The Hall–Kier alpha value is -1.73. The maximum absolute atomic E-state index is 13.0. The summed E-state index contributed by atoms with van der Waals surface area (Å²) in [6.07, 6.45) is 5.57. The molecular formula is C17H22FN3O2S. The van der Waals surface area contributed by atoms with Crippen molar-refractivity contribution in [3.05, 3.63) is 53.9 Å². The van der Waals surface area contributed by atoms with E-state index in [9.17, 15) is 12.8 Å². The zero-order valence-corrected chi connectivity index (χ0v) is 14.5. The molecule has 1 aromatic carbocycles. The highest BCUT2D eigenvalue weighted by Gasteiger charge is 2.29. The molecule has 1 fully saturated rings. The minimum absolute atomic E-state index is 0.0793. The van der Waals surface area contributed by atoms with E-state index in [1.165, 1.54) is 24.3 Å². The van der Waals surface area contributed by atoms with Crippen molar-refractivity contribution in [2.45, 2.75) is 32.1 Å². The smallest absolute Gasteiger partial charge is 0.218 e. The molecule has 0 saturated carbocycles. The first-order valence-corrected chi connectivity index (χ1v) is 9.75. The topological polar surface area (TPSA) is 55.2 Å². The molecule has 2 aromatic rings. The summed E-state index contributed by atoms with van der Waals surface area (Å²) in [6, 6.07) is 5.66. The molecule has 0 radical (unpaired) electrons. The molecular weight excluding hydrogens is 329 g/mol. The van der Waals surface area contributed by atoms with Crippen LogP contribution in [0.2, 0.25) is 0 Å². The number of rotatable bonds is 5. The van der Waals surface area contributed by atoms with Crippen LogP contribution in [0.4, 0.5) is 4.39 Å². The molecule has 5 nitrogen and oxygen atoms in total. The Morgan fingerprint density at radius 3 is 2.71 bits per heavy atom. The Kier molecular flexibility index (Phi) is 5.01. The molecule has 0 N–H and O–H groups in total. The summed E-state index contributed by atoms with van der Waals surface area (Å²) in [5.74, 6) is 0.796. The van der Waals surface area contributed by atoms with Crippen LogP contribution in [0.3, 0.4) is 0 Å². The first-order valence-electron chi connectivity index (χ1n) is 8.14. The fourth-order valence-electron chi connectivity index (χ4n) is 3.19. The summed E-state index contributed by atoms with van der Waals surface area (Å²) in [5.41, 5.74) is 0.615. The van der Waals surface area contributed by atoms with Crippen LogP contribution in [-0.2, 0) is 22.3 Å². The van der Waals surface area contributed by atoms with Gasteiger partial charge >= 0.3 is 0 Å². The van der Waals surface area contributed by atoms with Crippen molar-refractivity contribution in [2.75, 3.05) is 13.1 Å². The highest BCUT2D eigenvalue weighted by atomic mass is 32.2.